The van der Waals surface area contributed by atoms with Crippen molar-refractivity contribution in [1.29, 1.82) is 0 Å². The van der Waals surface area contributed by atoms with Crippen LogP contribution < -0.4 is 15.8 Å². The Morgan fingerprint density at radius 1 is 1.33 bits per heavy atom. The number of hydrogen-bond acceptors (Lipinski definition) is 3. The van der Waals surface area contributed by atoms with Crippen LogP contribution in [0.1, 0.15) is 19.3 Å². The molecule has 3 N–H and O–H groups in total. The molecule has 0 aliphatic heterocycles. The Morgan fingerprint density at radius 3 is 2.67 bits per heavy atom. The standard InChI is InChI=1S/C15H18F4N2O2.ClH/c16-10-4-5-12(13(6-10)23-8-15(17,18)19)21-14(22)11-3-1-2-9(11)7-20;/h4-6,9,11H,1-3,7-8,20H2,(H,21,22);1H/t9-,11-;/m1./s1. The Balaban J connectivity index is 0.00000288. The van der Waals surface area contributed by atoms with E-state index in [1.165, 1.54) is 6.07 Å². The highest BCUT2D eigenvalue weighted by atomic mass is 35.5. The zero-order chi connectivity index (χ0) is 17.0. The lowest BCUT2D eigenvalue weighted by atomic mass is 9.95. The molecule has 0 bridgehead atoms. The molecule has 0 saturated heterocycles. The van der Waals surface area contributed by atoms with Crippen molar-refractivity contribution in [2.75, 3.05) is 18.5 Å². The van der Waals surface area contributed by atoms with Crippen molar-refractivity contribution in [3.05, 3.63) is 24.0 Å². The molecule has 1 fully saturated rings. The van der Waals surface area contributed by atoms with Gasteiger partial charge in [0.15, 0.2) is 6.61 Å². The van der Waals surface area contributed by atoms with Crippen molar-refractivity contribution in [1.82, 2.24) is 0 Å². The van der Waals surface area contributed by atoms with E-state index in [0.717, 1.165) is 25.0 Å². The summed E-state index contributed by atoms with van der Waals surface area (Å²) in [4.78, 5) is 12.3. The zero-order valence-electron chi connectivity index (χ0n) is 12.7. The summed E-state index contributed by atoms with van der Waals surface area (Å²) >= 11 is 0. The number of benzene rings is 1. The monoisotopic (exact) mass is 370 g/mol. The van der Waals surface area contributed by atoms with Gasteiger partial charge in [0.2, 0.25) is 5.91 Å². The number of halogens is 5. The first-order valence-corrected chi connectivity index (χ1v) is 7.30. The summed E-state index contributed by atoms with van der Waals surface area (Å²) in [5, 5.41) is 2.53. The average Bonchev–Trinajstić information content (AvgIpc) is 2.95. The molecule has 1 aromatic carbocycles. The number of rotatable bonds is 5. The number of carbonyl (C=O) groups is 1. The summed E-state index contributed by atoms with van der Waals surface area (Å²) in [6, 6.07) is 3.05. The van der Waals surface area contributed by atoms with Gasteiger partial charge in [-0.15, -0.1) is 12.4 Å². The Hall–Kier alpha value is -1.54. The van der Waals surface area contributed by atoms with Crippen molar-refractivity contribution < 1.29 is 27.1 Å². The van der Waals surface area contributed by atoms with E-state index in [-0.39, 0.29) is 41.6 Å². The summed E-state index contributed by atoms with van der Waals surface area (Å²) in [7, 11) is 0. The molecule has 0 radical (unpaired) electrons. The van der Waals surface area contributed by atoms with Crippen LogP contribution in [0.2, 0.25) is 0 Å². The molecule has 1 aliphatic rings. The smallest absolute Gasteiger partial charge is 0.422 e. The van der Waals surface area contributed by atoms with E-state index < -0.39 is 18.6 Å². The molecular formula is C15H19ClF4N2O2. The topological polar surface area (TPSA) is 64.4 Å². The molecule has 1 aromatic rings. The lowest BCUT2D eigenvalue weighted by Crippen LogP contribution is -2.30. The van der Waals surface area contributed by atoms with Gasteiger partial charge in [0.05, 0.1) is 5.69 Å². The van der Waals surface area contributed by atoms with Crippen LogP contribution in [0.5, 0.6) is 5.75 Å². The summed E-state index contributed by atoms with van der Waals surface area (Å²) in [6.07, 6.45) is -2.16. The lowest BCUT2D eigenvalue weighted by Gasteiger charge is -2.19. The van der Waals surface area contributed by atoms with Crippen LogP contribution in [0.3, 0.4) is 0 Å². The third-order valence-electron chi connectivity index (χ3n) is 3.89. The molecule has 4 nitrogen and oxygen atoms in total. The number of anilines is 1. The molecule has 0 spiro atoms. The zero-order valence-corrected chi connectivity index (χ0v) is 13.6. The number of amides is 1. The fraction of sp³-hybridized carbons (Fsp3) is 0.533. The van der Waals surface area contributed by atoms with Crippen LogP contribution >= 0.6 is 12.4 Å². The second-order valence-electron chi connectivity index (χ2n) is 5.57. The SMILES string of the molecule is Cl.NC[C@H]1CCC[C@H]1C(=O)Nc1ccc(F)cc1OCC(F)(F)F. The Kier molecular flexibility index (Phi) is 7.28. The third-order valence-corrected chi connectivity index (χ3v) is 3.89. The van der Waals surface area contributed by atoms with Gasteiger partial charge in [-0.25, -0.2) is 4.39 Å². The second-order valence-corrected chi connectivity index (χ2v) is 5.57. The molecule has 0 aromatic heterocycles. The molecule has 0 unspecified atom stereocenters. The van der Waals surface area contributed by atoms with Crippen molar-refractivity contribution in [3.63, 3.8) is 0 Å². The molecule has 2 rings (SSSR count). The van der Waals surface area contributed by atoms with Gasteiger partial charge in [-0.1, -0.05) is 6.42 Å². The maximum atomic E-state index is 13.2. The van der Waals surface area contributed by atoms with Crippen molar-refractivity contribution in [2.24, 2.45) is 17.6 Å². The summed E-state index contributed by atoms with van der Waals surface area (Å²) in [5.74, 6) is -1.67. The maximum Gasteiger partial charge on any atom is 0.422 e. The second kappa shape index (κ2) is 8.53. The van der Waals surface area contributed by atoms with Crippen LogP contribution in [0.4, 0.5) is 23.2 Å². The van der Waals surface area contributed by atoms with Crippen molar-refractivity contribution in [2.45, 2.75) is 25.4 Å². The minimum atomic E-state index is -4.55. The lowest BCUT2D eigenvalue weighted by molar-refractivity contribution is -0.153. The number of carbonyl (C=O) groups excluding carboxylic acids is 1. The van der Waals surface area contributed by atoms with E-state index in [4.69, 9.17) is 5.73 Å². The first-order chi connectivity index (χ1) is 10.8. The molecule has 1 aliphatic carbocycles. The van der Waals surface area contributed by atoms with E-state index in [1.54, 1.807) is 0 Å². The molecular weight excluding hydrogens is 352 g/mol. The highest BCUT2D eigenvalue weighted by Crippen LogP contribution is 2.33. The van der Waals surface area contributed by atoms with E-state index in [2.05, 4.69) is 10.1 Å². The first kappa shape index (κ1) is 20.5. The molecule has 2 atom stereocenters. The van der Waals surface area contributed by atoms with Gasteiger partial charge in [-0.05, 0) is 37.4 Å². The Labute approximate surface area is 143 Å². The summed E-state index contributed by atoms with van der Waals surface area (Å²) < 4.78 is 54.6. The number of hydrogen-bond donors (Lipinski definition) is 2. The molecule has 24 heavy (non-hydrogen) atoms. The van der Waals surface area contributed by atoms with Gasteiger partial charge in [-0.2, -0.15) is 13.2 Å². The van der Waals surface area contributed by atoms with Crippen LogP contribution in [-0.4, -0.2) is 25.2 Å². The molecule has 9 heteroatoms. The predicted octanol–water partition coefficient (Wildman–Crippen LogP) is 3.50. The fourth-order valence-corrected chi connectivity index (χ4v) is 2.77. The maximum absolute atomic E-state index is 13.2. The predicted molar refractivity (Wildman–Crippen MR) is 83.7 cm³/mol. The van der Waals surface area contributed by atoms with Crippen LogP contribution in [0.25, 0.3) is 0 Å². The quantitative estimate of drug-likeness (QED) is 0.780. The van der Waals surface area contributed by atoms with E-state index in [1.807, 2.05) is 0 Å². The third kappa shape index (κ3) is 5.52. The van der Waals surface area contributed by atoms with Crippen LogP contribution in [0, 0.1) is 17.7 Å². The Bertz CT molecular complexity index is 569. The van der Waals surface area contributed by atoms with Gasteiger partial charge >= 0.3 is 6.18 Å². The van der Waals surface area contributed by atoms with Gasteiger partial charge < -0.3 is 15.8 Å². The van der Waals surface area contributed by atoms with Crippen LogP contribution in [0.15, 0.2) is 18.2 Å². The normalized spacial score (nSPS) is 20.4. The molecule has 1 saturated carbocycles. The average molecular weight is 371 g/mol. The summed E-state index contributed by atoms with van der Waals surface area (Å²) in [6.45, 7) is -1.19. The van der Waals surface area contributed by atoms with Crippen molar-refractivity contribution >= 4 is 24.0 Å². The van der Waals surface area contributed by atoms with E-state index in [0.29, 0.717) is 13.0 Å². The molecule has 136 valence electrons. The number of ether oxygens (including phenoxy) is 1. The largest absolute Gasteiger partial charge is 0.482 e. The minimum absolute atomic E-state index is 0. The Morgan fingerprint density at radius 2 is 2.04 bits per heavy atom. The van der Waals surface area contributed by atoms with E-state index in [9.17, 15) is 22.4 Å². The van der Waals surface area contributed by atoms with Gasteiger partial charge in [0.1, 0.15) is 11.6 Å². The molecule has 1 amide bonds. The summed E-state index contributed by atoms with van der Waals surface area (Å²) in [5.41, 5.74) is 5.64. The van der Waals surface area contributed by atoms with Crippen LogP contribution in [-0.2, 0) is 4.79 Å². The number of nitrogens with two attached hydrogens (primary N) is 1. The highest BCUT2D eigenvalue weighted by molar-refractivity contribution is 5.94. The van der Waals surface area contributed by atoms with Gasteiger partial charge in [0.25, 0.3) is 0 Å². The van der Waals surface area contributed by atoms with E-state index >= 15 is 0 Å². The number of nitrogens with one attached hydrogen (secondary N) is 1. The fourth-order valence-electron chi connectivity index (χ4n) is 2.77. The minimum Gasteiger partial charge on any atom is -0.482 e. The van der Waals surface area contributed by atoms with Gasteiger partial charge in [-0.3, -0.25) is 4.79 Å². The number of alkyl halides is 3. The highest BCUT2D eigenvalue weighted by Gasteiger charge is 2.33. The first-order valence-electron chi connectivity index (χ1n) is 7.30. The van der Waals surface area contributed by atoms with Gasteiger partial charge in [0, 0.05) is 12.0 Å². The van der Waals surface area contributed by atoms with Crippen molar-refractivity contribution in [3.8, 4) is 5.75 Å². The molecule has 0 heterocycles.